The van der Waals surface area contributed by atoms with E-state index >= 15 is 0 Å². The van der Waals surface area contributed by atoms with Gasteiger partial charge < -0.3 is 10.1 Å². The normalized spacial score (nSPS) is 10.9. The molecule has 0 aliphatic rings. The maximum atomic E-state index is 12.8. The van der Waals surface area contributed by atoms with Crippen molar-refractivity contribution in [3.63, 3.8) is 0 Å². The zero-order chi connectivity index (χ0) is 22.6. The van der Waals surface area contributed by atoms with Gasteiger partial charge in [-0.15, -0.1) is 0 Å². The number of hydrogen-bond donors (Lipinski definition) is 2. The highest BCUT2D eigenvalue weighted by Gasteiger charge is 2.20. The lowest BCUT2D eigenvalue weighted by Crippen LogP contribution is -2.17. The monoisotopic (exact) mass is 458 g/mol. The minimum absolute atomic E-state index is 0.0193. The van der Waals surface area contributed by atoms with Gasteiger partial charge in [0.1, 0.15) is 0 Å². The summed E-state index contributed by atoms with van der Waals surface area (Å²) in [5, 5.41) is 3.26. The topological polar surface area (TPSA) is 102 Å². The quantitative estimate of drug-likeness (QED) is 0.530. The first kappa shape index (κ1) is 22.3. The summed E-state index contributed by atoms with van der Waals surface area (Å²) in [4.78, 5) is 24.3. The second kappa shape index (κ2) is 9.20. The Labute approximate surface area is 185 Å². The zero-order valence-corrected chi connectivity index (χ0v) is 18.3. The van der Waals surface area contributed by atoms with E-state index in [1.165, 1.54) is 37.4 Å². The smallest absolute Gasteiger partial charge is 0.339 e. The van der Waals surface area contributed by atoms with Crippen LogP contribution in [-0.2, 0) is 14.8 Å². The van der Waals surface area contributed by atoms with Crippen molar-refractivity contribution in [1.29, 1.82) is 0 Å². The second-order valence-electron chi connectivity index (χ2n) is 6.58. The molecule has 0 saturated carbocycles. The average Bonchev–Trinajstić information content (AvgIpc) is 2.75. The second-order valence-corrected chi connectivity index (χ2v) is 8.70. The third-order valence-corrected chi connectivity index (χ3v) is 6.05. The van der Waals surface area contributed by atoms with Crippen LogP contribution in [0.15, 0.2) is 71.6 Å². The first-order valence-corrected chi connectivity index (χ1v) is 10.9. The summed E-state index contributed by atoms with van der Waals surface area (Å²) in [7, 11) is -2.77. The van der Waals surface area contributed by atoms with Gasteiger partial charge in [0.05, 0.1) is 23.3 Å². The van der Waals surface area contributed by atoms with E-state index in [2.05, 4.69) is 10.0 Å². The molecule has 0 saturated heterocycles. The van der Waals surface area contributed by atoms with Crippen molar-refractivity contribution in [3.05, 3.63) is 88.4 Å². The van der Waals surface area contributed by atoms with Crippen LogP contribution in [0.5, 0.6) is 0 Å². The number of halogens is 1. The lowest BCUT2D eigenvalue weighted by Gasteiger charge is -2.13. The van der Waals surface area contributed by atoms with E-state index in [4.69, 9.17) is 16.3 Å². The average molecular weight is 459 g/mol. The van der Waals surface area contributed by atoms with Crippen LogP contribution < -0.4 is 10.0 Å². The predicted octanol–water partition coefficient (Wildman–Crippen LogP) is 4.49. The molecule has 31 heavy (non-hydrogen) atoms. The molecule has 0 heterocycles. The van der Waals surface area contributed by atoms with Crippen molar-refractivity contribution >= 4 is 44.9 Å². The fourth-order valence-corrected chi connectivity index (χ4v) is 4.09. The standard InChI is InChI=1S/C22H19ClN2O5S/c1-14-13-17(11-12-19(14)24-21(26)15-7-9-16(23)10-8-15)31(28,29)25-20-6-4-3-5-18(20)22(27)30-2/h3-13,25H,1-2H3,(H,24,26). The zero-order valence-electron chi connectivity index (χ0n) is 16.7. The molecule has 3 rings (SSSR count). The molecular weight excluding hydrogens is 440 g/mol. The van der Waals surface area contributed by atoms with Gasteiger partial charge in [0.2, 0.25) is 0 Å². The lowest BCUT2D eigenvalue weighted by molar-refractivity contribution is 0.0602. The van der Waals surface area contributed by atoms with E-state index < -0.39 is 16.0 Å². The fraction of sp³-hybridized carbons (Fsp3) is 0.0909. The molecule has 0 bridgehead atoms. The molecule has 3 aromatic carbocycles. The van der Waals surface area contributed by atoms with Crippen molar-refractivity contribution in [2.24, 2.45) is 0 Å². The van der Waals surface area contributed by atoms with E-state index in [0.717, 1.165) is 0 Å². The molecular formula is C22H19ClN2O5S. The molecule has 0 atom stereocenters. The summed E-state index contributed by atoms with van der Waals surface area (Å²) < 4.78 is 32.8. The summed E-state index contributed by atoms with van der Waals surface area (Å²) >= 11 is 5.84. The molecule has 0 aromatic heterocycles. The number of benzene rings is 3. The molecule has 0 aliphatic heterocycles. The number of ether oxygens (including phenoxy) is 1. The maximum Gasteiger partial charge on any atom is 0.339 e. The molecule has 0 radical (unpaired) electrons. The maximum absolute atomic E-state index is 12.8. The summed E-state index contributed by atoms with van der Waals surface area (Å²) in [6, 6.07) is 16.8. The van der Waals surface area contributed by atoms with E-state index in [9.17, 15) is 18.0 Å². The first-order chi connectivity index (χ1) is 14.7. The van der Waals surface area contributed by atoms with Crippen LogP contribution in [0.2, 0.25) is 5.02 Å². The Hall–Kier alpha value is -3.36. The molecule has 2 N–H and O–H groups in total. The minimum atomic E-state index is -3.99. The Morgan fingerprint density at radius 2 is 1.61 bits per heavy atom. The molecule has 9 heteroatoms. The van der Waals surface area contributed by atoms with Gasteiger partial charge in [-0.2, -0.15) is 0 Å². The van der Waals surface area contributed by atoms with Crippen LogP contribution in [0.3, 0.4) is 0 Å². The Morgan fingerprint density at radius 3 is 2.26 bits per heavy atom. The van der Waals surface area contributed by atoms with Gasteiger partial charge in [0, 0.05) is 16.3 Å². The van der Waals surface area contributed by atoms with Gasteiger partial charge in [-0.05, 0) is 67.1 Å². The largest absolute Gasteiger partial charge is 0.465 e. The number of anilines is 2. The Bertz CT molecular complexity index is 1240. The summed E-state index contributed by atoms with van der Waals surface area (Å²) in [6.07, 6.45) is 0. The molecule has 1 amide bonds. The number of aryl methyl sites for hydroxylation is 1. The number of rotatable bonds is 6. The summed E-state index contributed by atoms with van der Waals surface area (Å²) in [6.45, 7) is 1.68. The number of esters is 1. The number of methoxy groups -OCH3 is 1. The number of carbonyl (C=O) groups is 2. The molecule has 0 spiro atoms. The number of amides is 1. The van der Waals surface area contributed by atoms with Crippen LogP contribution in [0.1, 0.15) is 26.3 Å². The lowest BCUT2D eigenvalue weighted by atomic mass is 10.1. The summed E-state index contributed by atoms with van der Waals surface area (Å²) in [5.41, 5.74) is 1.63. The number of para-hydroxylation sites is 1. The Morgan fingerprint density at radius 1 is 0.935 bits per heavy atom. The molecule has 0 fully saturated rings. The van der Waals surface area contributed by atoms with Crippen LogP contribution in [0.4, 0.5) is 11.4 Å². The fourth-order valence-electron chi connectivity index (χ4n) is 2.80. The first-order valence-electron chi connectivity index (χ1n) is 9.09. The van der Waals surface area contributed by atoms with Crippen LogP contribution in [0.25, 0.3) is 0 Å². The van der Waals surface area contributed by atoms with Gasteiger partial charge in [-0.25, -0.2) is 13.2 Å². The molecule has 0 unspecified atom stereocenters. The van der Waals surface area contributed by atoms with E-state index in [0.29, 0.717) is 21.8 Å². The van der Waals surface area contributed by atoms with Crippen molar-refractivity contribution in [3.8, 4) is 0 Å². The van der Waals surface area contributed by atoms with Gasteiger partial charge in [0.25, 0.3) is 15.9 Å². The number of hydrogen-bond acceptors (Lipinski definition) is 5. The predicted molar refractivity (Wildman–Crippen MR) is 119 cm³/mol. The van der Waals surface area contributed by atoms with E-state index in [1.54, 1.807) is 43.3 Å². The highest BCUT2D eigenvalue weighted by Crippen LogP contribution is 2.24. The summed E-state index contributed by atoms with van der Waals surface area (Å²) in [5.74, 6) is -1.00. The van der Waals surface area contributed by atoms with Crippen LogP contribution in [-0.4, -0.2) is 27.4 Å². The van der Waals surface area contributed by atoms with Gasteiger partial charge >= 0.3 is 5.97 Å². The van der Waals surface area contributed by atoms with Crippen molar-refractivity contribution < 1.29 is 22.7 Å². The van der Waals surface area contributed by atoms with Crippen molar-refractivity contribution in [2.45, 2.75) is 11.8 Å². The molecule has 160 valence electrons. The van der Waals surface area contributed by atoms with Crippen molar-refractivity contribution in [2.75, 3.05) is 17.1 Å². The minimum Gasteiger partial charge on any atom is -0.465 e. The van der Waals surface area contributed by atoms with Crippen LogP contribution >= 0.6 is 11.6 Å². The molecule has 3 aromatic rings. The van der Waals surface area contributed by atoms with Crippen LogP contribution in [0, 0.1) is 6.92 Å². The molecule has 7 nitrogen and oxygen atoms in total. The molecule has 0 aliphatic carbocycles. The highest BCUT2D eigenvalue weighted by molar-refractivity contribution is 7.92. The highest BCUT2D eigenvalue weighted by atomic mass is 35.5. The Kier molecular flexibility index (Phi) is 6.62. The van der Waals surface area contributed by atoms with Gasteiger partial charge in [0.15, 0.2) is 0 Å². The number of sulfonamides is 1. The third kappa shape index (κ3) is 5.22. The SMILES string of the molecule is COC(=O)c1ccccc1NS(=O)(=O)c1ccc(NC(=O)c2ccc(Cl)cc2)c(C)c1. The van der Waals surface area contributed by atoms with Crippen molar-refractivity contribution in [1.82, 2.24) is 0 Å². The van der Waals surface area contributed by atoms with Gasteiger partial charge in [-0.3, -0.25) is 9.52 Å². The number of nitrogens with one attached hydrogen (secondary N) is 2. The van der Waals surface area contributed by atoms with E-state index in [1.807, 2.05) is 0 Å². The Balaban J connectivity index is 1.83. The van der Waals surface area contributed by atoms with E-state index in [-0.39, 0.29) is 22.1 Å². The number of carbonyl (C=O) groups excluding carboxylic acids is 2. The third-order valence-electron chi connectivity index (χ3n) is 4.44. The van der Waals surface area contributed by atoms with Gasteiger partial charge in [-0.1, -0.05) is 23.7 Å².